The van der Waals surface area contributed by atoms with Gasteiger partial charge >= 0.3 is 0 Å². The molecular formula is C14H37N3O8. The second-order valence-corrected chi connectivity index (χ2v) is 5.57. The molecule has 0 fully saturated rings. The topological polar surface area (TPSA) is 203 Å². The van der Waals surface area contributed by atoms with E-state index in [0.717, 1.165) is 0 Å². The van der Waals surface area contributed by atoms with Gasteiger partial charge in [-0.1, -0.05) is 0 Å². The van der Waals surface area contributed by atoms with Crippen LogP contribution in [0.3, 0.4) is 0 Å². The number of nitrogens with two attached hydrogens (primary N) is 1. The average Bonchev–Trinajstić information content (AvgIpc) is 2.54. The maximum absolute atomic E-state index is 8.96. The third kappa shape index (κ3) is 16.8. The van der Waals surface area contributed by atoms with E-state index in [-0.39, 0.29) is 6.61 Å². The highest BCUT2D eigenvalue weighted by molar-refractivity contribution is 4.80. The number of nitrogens with zero attached hydrogens (tertiary/aromatic N) is 1. The van der Waals surface area contributed by atoms with E-state index in [1.807, 2.05) is 0 Å². The minimum absolute atomic E-state index is 0.166. The first-order valence-corrected chi connectivity index (χ1v) is 7.82. The maximum Gasteiger partial charge on any atom is 0.108 e. The van der Waals surface area contributed by atoms with Crippen LogP contribution in [0.15, 0.2) is 0 Å². The molecule has 0 amide bonds. The van der Waals surface area contributed by atoms with Gasteiger partial charge in [-0.15, -0.1) is 0 Å². The molecule has 0 aromatic heterocycles. The highest BCUT2D eigenvalue weighted by Crippen LogP contribution is 2.04. The zero-order valence-corrected chi connectivity index (χ0v) is 15.4. The van der Waals surface area contributed by atoms with Gasteiger partial charge < -0.3 is 51.9 Å². The molecule has 11 nitrogen and oxygen atoms in total. The van der Waals surface area contributed by atoms with Crippen LogP contribution in [0, 0.1) is 0 Å². The number of likely N-dealkylation sites (N-methyl/N-ethyl adjacent to an activating group) is 1. The largest absolute Gasteiger partial charge is 0.394 e. The summed E-state index contributed by atoms with van der Waals surface area (Å²) in [5.41, 5.74) is 3.94. The smallest absolute Gasteiger partial charge is 0.108 e. The van der Waals surface area contributed by atoms with Crippen molar-refractivity contribution in [2.45, 2.75) is 51.1 Å². The number of aliphatic hydroxyl groups excluding tert-OH is 8. The molecule has 0 aromatic carbocycles. The molecule has 0 rings (SSSR count). The predicted molar refractivity (Wildman–Crippen MR) is 92.1 cm³/mol. The van der Waals surface area contributed by atoms with Crippen molar-refractivity contribution in [1.29, 1.82) is 0 Å². The number of rotatable bonds is 9. The second kappa shape index (κ2) is 17.0. The van der Waals surface area contributed by atoms with E-state index in [1.54, 1.807) is 7.05 Å². The van der Waals surface area contributed by atoms with Crippen molar-refractivity contribution in [2.75, 3.05) is 40.0 Å². The van der Waals surface area contributed by atoms with Gasteiger partial charge in [-0.25, -0.2) is 4.90 Å². The Hall–Kier alpha value is -0.440. The molecule has 0 aliphatic rings. The second-order valence-electron chi connectivity index (χ2n) is 5.57. The predicted octanol–water partition coefficient (Wildman–Crippen LogP) is -4.48. The van der Waals surface area contributed by atoms with Crippen LogP contribution in [0.4, 0.5) is 0 Å². The van der Waals surface area contributed by atoms with Crippen LogP contribution in [0.5, 0.6) is 0 Å². The fourth-order valence-corrected chi connectivity index (χ4v) is 1.39. The summed E-state index contributed by atoms with van der Waals surface area (Å²) in [6, 6.07) is 0. The Labute approximate surface area is 148 Å². The fraction of sp³-hybridized carbons (Fsp3) is 1.00. The van der Waals surface area contributed by atoms with Gasteiger partial charge in [0.25, 0.3) is 0 Å². The van der Waals surface area contributed by atoms with Crippen LogP contribution in [0.2, 0.25) is 0 Å². The van der Waals surface area contributed by atoms with Crippen molar-refractivity contribution in [3.63, 3.8) is 0 Å². The summed E-state index contributed by atoms with van der Waals surface area (Å²) in [5, 5.41) is 71.3. The summed E-state index contributed by atoms with van der Waals surface area (Å²) >= 11 is 0. The highest BCUT2D eigenvalue weighted by atomic mass is 16.4. The first-order valence-electron chi connectivity index (χ1n) is 7.82. The maximum atomic E-state index is 8.96. The van der Waals surface area contributed by atoms with E-state index < -0.39 is 50.1 Å². The lowest BCUT2D eigenvalue weighted by molar-refractivity contribution is -0.159. The van der Waals surface area contributed by atoms with Crippen LogP contribution < -0.4 is 11.1 Å². The lowest BCUT2D eigenvalue weighted by Gasteiger charge is -2.30. The van der Waals surface area contributed by atoms with Gasteiger partial charge in [0.05, 0.1) is 38.1 Å². The standard InChI is InChI=1S/C6H15NO3.C4H11NO3.C4H11NO2/c1-4(8)7(5(2)9)6(3)10;5-4(1-6,2-7)3-8;1-5-2-4(7)3-6/h4-6,8-10H,1-3H3;6-8H,1-3,5H2;4-7H,2-3H2,1H3. The number of hydrogen-bond acceptors (Lipinski definition) is 11. The summed E-state index contributed by atoms with van der Waals surface area (Å²) < 4.78 is 0. The van der Waals surface area contributed by atoms with Crippen molar-refractivity contribution in [2.24, 2.45) is 5.73 Å². The molecule has 0 aliphatic heterocycles. The van der Waals surface area contributed by atoms with Gasteiger partial charge in [0.15, 0.2) is 0 Å². The zero-order valence-electron chi connectivity index (χ0n) is 15.4. The van der Waals surface area contributed by atoms with Crippen molar-refractivity contribution in [1.82, 2.24) is 10.2 Å². The highest BCUT2D eigenvalue weighted by Gasteiger charge is 2.21. The first-order chi connectivity index (χ1) is 11.5. The van der Waals surface area contributed by atoms with Crippen LogP contribution in [0.25, 0.3) is 0 Å². The molecule has 0 heterocycles. The van der Waals surface area contributed by atoms with Gasteiger partial charge in [-0.2, -0.15) is 0 Å². The normalized spacial score (nSPS) is 16.1. The number of nitrogens with one attached hydrogen (secondary N) is 1. The zero-order chi connectivity index (χ0) is 20.6. The molecule has 4 atom stereocenters. The third-order valence-electron chi connectivity index (χ3n) is 2.89. The molecule has 0 radical (unpaired) electrons. The number of aliphatic hydroxyl groups is 8. The molecule has 0 saturated heterocycles. The Morgan fingerprint density at radius 1 is 0.840 bits per heavy atom. The van der Waals surface area contributed by atoms with Gasteiger partial charge in [0.2, 0.25) is 0 Å². The Bertz CT molecular complexity index is 252. The quantitative estimate of drug-likeness (QED) is 0.174. The van der Waals surface area contributed by atoms with Gasteiger partial charge in [-0.05, 0) is 27.8 Å². The van der Waals surface area contributed by atoms with Crippen molar-refractivity contribution >= 4 is 0 Å². The third-order valence-corrected chi connectivity index (χ3v) is 2.89. The van der Waals surface area contributed by atoms with E-state index in [2.05, 4.69) is 5.32 Å². The van der Waals surface area contributed by atoms with E-state index >= 15 is 0 Å². The monoisotopic (exact) mass is 375 g/mol. The molecule has 0 saturated carbocycles. The molecule has 25 heavy (non-hydrogen) atoms. The minimum Gasteiger partial charge on any atom is -0.394 e. The van der Waals surface area contributed by atoms with Crippen molar-refractivity contribution < 1.29 is 40.9 Å². The molecule has 156 valence electrons. The van der Waals surface area contributed by atoms with E-state index in [9.17, 15) is 0 Å². The van der Waals surface area contributed by atoms with Crippen LogP contribution >= 0.6 is 0 Å². The Morgan fingerprint density at radius 3 is 1.20 bits per heavy atom. The van der Waals surface area contributed by atoms with Gasteiger partial charge in [0.1, 0.15) is 18.7 Å². The average molecular weight is 375 g/mol. The molecule has 11 N–H and O–H groups in total. The summed E-state index contributed by atoms with van der Waals surface area (Å²) in [6.45, 7) is 3.54. The summed E-state index contributed by atoms with van der Waals surface area (Å²) in [4.78, 5) is 1.17. The van der Waals surface area contributed by atoms with Gasteiger partial charge in [0, 0.05) is 6.54 Å². The Morgan fingerprint density at radius 2 is 1.16 bits per heavy atom. The Balaban J connectivity index is -0.000000296. The van der Waals surface area contributed by atoms with Crippen LogP contribution in [-0.4, -0.2) is 116 Å². The molecule has 11 heteroatoms. The van der Waals surface area contributed by atoms with E-state index in [0.29, 0.717) is 6.54 Å². The SMILES string of the molecule is CC(O)N(C(C)O)C(C)O.CNCC(O)CO.NC(CO)(CO)CO. The Kier molecular flexibility index (Phi) is 19.9. The molecule has 0 bridgehead atoms. The lowest BCUT2D eigenvalue weighted by atomic mass is 10.1. The molecule has 0 spiro atoms. The van der Waals surface area contributed by atoms with Crippen molar-refractivity contribution in [3.05, 3.63) is 0 Å². The molecule has 0 aliphatic carbocycles. The fourth-order valence-electron chi connectivity index (χ4n) is 1.39. The molecule has 0 aromatic rings. The van der Waals surface area contributed by atoms with E-state index in [1.165, 1.54) is 25.7 Å². The van der Waals surface area contributed by atoms with E-state index in [4.69, 9.17) is 46.6 Å². The van der Waals surface area contributed by atoms with Crippen LogP contribution in [-0.2, 0) is 0 Å². The summed E-state index contributed by atoms with van der Waals surface area (Å²) in [7, 11) is 1.72. The van der Waals surface area contributed by atoms with Crippen molar-refractivity contribution in [3.8, 4) is 0 Å². The summed E-state index contributed by atoms with van der Waals surface area (Å²) in [5.74, 6) is 0. The minimum atomic E-state index is -1.21. The lowest BCUT2D eigenvalue weighted by Crippen LogP contribution is -2.50. The molecule has 4 unspecified atom stereocenters. The van der Waals surface area contributed by atoms with Gasteiger partial charge in [-0.3, -0.25) is 0 Å². The van der Waals surface area contributed by atoms with Crippen LogP contribution in [0.1, 0.15) is 20.8 Å². The first kappa shape index (κ1) is 29.3. The number of hydrogen-bond donors (Lipinski definition) is 10. The molecular weight excluding hydrogens is 338 g/mol. The summed E-state index contributed by atoms with van der Waals surface area (Å²) in [6.07, 6.45) is -3.11.